The lowest BCUT2D eigenvalue weighted by atomic mass is 9.96. The summed E-state index contributed by atoms with van der Waals surface area (Å²) in [6.45, 7) is 7.34. The molecule has 0 radical (unpaired) electrons. The largest absolute Gasteiger partial charge is 0.310 e. The summed E-state index contributed by atoms with van der Waals surface area (Å²) in [4.78, 5) is 0. The number of nitrogens with one attached hydrogen (secondary N) is 1. The van der Waals surface area contributed by atoms with E-state index in [1.807, 2.05) is 12.1 Å². The molecule has 0 heterocycles. The van der Waals surface area contributed by atoms with Crippen molar-refractivity contribution in [1.82, 2.24) is 5.32 Å². The molecule has 1 aromatic carbocycles. The van der Waals surface area contributed by atoms with Crippen LogP contribution in [0.1, 0.15) is 32.4 Å². The molecule has 0 fully saturated rings. The lowest BCUT2D eigenvalue weighted by Crippen LogP contribution is -2.25. The summed E-state index contributed by atoms with van der Waals surface area (Å²) in [6, 6.07) is 7.05. The number of hydrogen-bond donors (Lipinski definition) is 1. The maximum absolute atomic E-state index is 12.7. The van der Waals surface area contributed by atoms with E-state index in [2.05, 4.69) is 26.1 Å². The lowest BCUT2D eigenvalue weighted by Gasteiger charge is -2.22. The van der Waals surface area contributed by atoms with Crippen LogP contribution in [0.3, 0.4) is 0 Å². The Hall–Kier alpha value is -0.890. The second kappa shape index (κ2) is 5.11. The maximum Gasteiger partial charge on any atom is 0.123 e. The zero-order valence-corrected chi connectivity index (χ0v) is 9.05. The molecule has 14 heavy (non-hydrogen) atoms. The SMILES string of the molecule is CCNC(c1ccc(F)cc1)C(C)C. The zero-order chi connectivity index (χ0) is 10.6. The minimum Gasteiger partial charge on any atom is -0.310 e. The van der Waals surface area contributed by atoms with Gasteiger partial charge in [0, 0.05) is 6.04 Å². The van der Waals surface area contributed by atoms with E-state index in [-0.39, 0.29) is 5.82 Å². The third kappa shape index (κ3) is 2.81. The van der Waals surface area contributed by atoms with Gasteiger partial charge in [0.2, 0.25) is 0 Å². The molecule has 1 aromatic rings. The van der Waals surface area contributed by atoms with E-state index in [4.69, 9.17) is 0 Å². The van der Waals surface area contributed by atoms with Crippen LogP contribution < -0.4 is 5.32 Å². The minimum atomic E-state index is -0.173. The molecular weight excluding hydrogens is 177 g/mol. The van der Waals surface area contributed by atoms with Gasteiger partial charge in [0.25, 0.3) is 0 Å². The number of hydrogen-bond acceptors (Lipinski definition) is 1. The predicted molar refractivity (Wildman–Crippen MR) is 57.7 cm³/mol. The van der Waals surface area contributed by atoms with Crippen molar-refractivity contribution in [3.05, 3.63) is 35.6 Å². The quantitative estimate of drug-likeness (QED) is 0.778. The fourth-order valence-electron chi connectivity index (χ4n) is 1.63. The van der Waals surface area contributed by atoms with E-state index in [0.717, 1.165) is 12.1 Å². The number of rotatable bonds is 4. The van der Waals surface area contributed by atoms with Gasteiger partial charge in [-0.3, -0.25) is 0 Å². The van der Waals surface area contributed by atoms with Crippen LogP contribution in [0.4, 0.5) is 4.39 Å². The smallest absolute Gasteiger partial charge is 0.123 e. The second-order valence-corrected chi connectivity index (χ2v) is 3.83. The Bertz CT molecular complexity index is 266. The topological polar surface area (TPSA) is 12.0 Å². The summed E-state index contributed by atoms with van der Waals surface area (Å²) < 4.78 is 12.7. The van der Waals surface area contributed by atoms with Gasteiger partial charge in [-0.15, -0.1) is 0 Å². The molecule has 1 N–H and O–H groups in total. The van der Waals surface area contributed by atoms with Gasteiger partial charge in [-0.2, -0.15) is 0 Å². The molecule has 0 bridgehead atoms. The summed E-state index contributed by atoms with van der Waals surface area (Å²) in [7, 11) is 0. The molecule has 0 amide bonds. The van der Waals surface area contributed by atoms with Crippen LogP contribution in [0.25, 0.3) is 0 Å². The molecule has 1 rings (SSSR count). The van der Waals surface area contributed by atoms with Crippen LogP contribution in [0.2, 0.25) is 0 Å². The summed E-state index contributed by atoms with van der Waals surface area (Å²) in [5.74, 6) is 0.341. The van der Waals surface area contributed by atoms with Crippen molar-refractivity contribution in [3.63, 3.8) is 0 Å². The highest BCUT2D eigenvalue weighted by Crippen LogP contribution is 2.21. The van der Waals surface area contributed by atoms with Crippen LogP contribution in [0.15, 0.2) is 24.3 Å². The van der Waals surface area contributed by atoms with Crippen LogP contribution in [0, 0.1) is 11.7 Å². The Morgan fingerprint density at radius 2 is 1.79 bits per heavy atom. The Morgan fingerprint density at radius 1 is 1.21 bits per heavy atom. The summed E-state index contributed by atoms with van der Waals surface area (Å²) in [5, 5.41) is 3.40. The second-order valence-electron chi connectivity index (χ2n) is 3.83. The van der Waals surface area contributed by atoms with Gasteiger partial charge in [0.15, 0.2) is 0 Å². The van der Waals surface area contributed by atoms with Gasteiger partial charge < -0.3 is 5.32 Å². The molecule has 0 aliphatic carbocycles. The molecule has 2 heteroatoms. The van der Waals surface area contributed by atoms with Gasteiger partial charge in [-0.25, -0.2) is 4.39 Å². The van der Waals surface area contributed by atoms with Crippen molar-refractivity contribution in [3.8, 4) is 0 Å². The molecule has 1 unspecified atom stereocenters. The minimum absolute atomic E-state index is 0.173. The van der Waals surface area contributed by atoms with Crippen molar-refractivity contribution in [2.75, 3.05) is 6.54 Å². The normalized spacial score (nSPS) is 13.2. The monoisotopic (exact) mass is 195 g/mol. The van der Waals surface area contributed by atoms with Crippen LogP contribution in [-0.2, 0) is 0 Å². The molecule has 0 saturated carbocycles. The lowest BCUT2D eigenvalue weighted by molar-refractivity contribution is 0.421. The first-order chi connectivity index (χ1) is 6.65. The Morgan fingerprint density at radius 3 is 2.21 bits per heavy atom. The molecule has 0 spiro atoms. The Kier molecular flexibility index (Phi) is 4.08. The van der Waals surface area contributed by atoms with Gasteiger partial charge >= 0.3 is 0 Å². The van der Waals surface area contributed by atoms with E-state index in [9.17, 15) is 4.39 Å². The average molecular weight is 195 g/mol. The average Bonchev–Trinajstić information content (AvgIpc) is 2.15. The van der Waals surface area contributed by atoms with E-state index >= 15 is 0 Å². The highest BCUT2D eigenvalue weighted by molar-refractivity contribution is 5.20. The van der Waals surface area contributed by atoms with Crippen molar-refractivity contribution in [2.24, 2.45) is 5.92 Å². The van der Waals surface area contributed by atoms with Crippen molar-refractivity contribution >= 4 is 0 Å². The first-order valence-electron chi connectivity index (χ1n) is 5.14. The molecule has 1 atom stereocenters. The number of halogens is 1. The summed E-state index contributed by atoms with van der Waals surface area (Å²) in [5.41, 5.74) is 1.16. The van der Waals surface area contributed by atoms with Crippen molar-refractivity contribution in [1.29, 1.82) is 0 Å². The molecule has 0 aliphatic rings. The van der Waals surface area contributed by atoms with Crippen LogP contribution >= 0.6 is 0 Å². The highest BCUT2D eigenvalue weighted by Gasteiger charge is 2.13. The van der Waals surface area contributed by atoms with Crippen molar-refractivity contribution in [2.45, 2.75) is 26.8 Å². The highest BCUT2D eigenvalue weighted by atomic mass is 19.1. The first-order valence-corrected chi connectivity index (χ1v) is 5.14. The van der Waals surface area contributed by atoms with Gasteiger partial charge in [0.05, 0.1) is 0 Å². The van der Waals surface area contributed by atoms with E-state index < -0.39 is 0 Å². The fourth-order valence-corrected chi connectivity index (χ4v) is 1.63. The molecule has 78 valence electrons. The summed E-state index contributed by atoms with van der Waals surface area (Å²) in [6.07, 6.45) is 0. The molecule has 0 aromatic heterocycles. The standard InChI is InChI=1S/C12H18FN/c1-4-14-12(9(2)3)10-5-7-11(13)8-6-10/h5-9,12,14H,4H2,1-3H3. The Balaban J connectivity index is 2.82. The third-order valence-corrected chi connectivity index (χ3v) is 2.32. The molecule has 0 aliphatic heterocycles. The fraction of sp³-hybridized carbons (Fsp3) is 0.500. The Labute approximate surface area is 85.3 Å². The maximum atomic E-state index is 12.7. The van der Waals surface area contributed by atoms with E-state index in [0.29, 0.717) is 12.0 Å². The summed E-state index contributed by atoms with van der Waals surface area (Å²) >= 11 is 0. The van der Waals surface area contributed by atoms with Crippen LogP contribution in [0.5, 0.6) is 0 Å². The number of benzene rings is 1. The van der Waals surface area contributed by atoms with Gasteiger partial charge in [-0.1, -0.05) is 32.9 Å². The predicted octanol–water partition coefficient (Wildman–Crippen LogP) is 3.13. The van der Waals surface area contributed by atoms with Gasteiger partial charge in [0.1, 0.15) is 5.82 Å². The van der Waals surface area contributed by atoms with Crippen molar-refractivity contribution < 1.29 is 4.39 Å². The van der Waals surface area contributed by atoms with E-state index in [1.54, 1.807) is 0 Å². The molecule has 0 saturated heterocycles. The third-order valence-electron chi connectivity index (χ3n) is 2.32. The van der Waals surface area contributed by atoms with E-state index in [1.165, 1.54) is 12.1 Å². The van der Waals surface area contributed by atoms with Gasteiger partial charge in [-0.05, 0) is 30.2 Å². The first kappa shape index (κ1) is 11.2. The molecule has 1 nitrogen and oxygen atoms in total. The molecular formula is C12H18FN. The zero-order valence-electron chi connectivity index (χ0n) is 9.05. The van der Waals surface area contributed by atoms with Crippen LogP contribution in [-0.4, -0.2) is 6.54 Å².